The highest BCUT2D eigenvalue weighted by molar-refractivity contribution is 5.80. The molecule has 22 nitrogen and oxygen atoms in total. The maximum atomic E-state index is 17.3. The summed E-state index contributed by atoms with van der Waals surface area (Å²) >= 11 is 0. The maximum Gasteiger partial charge on any atom is 0.342 e. The first-order valence-electron chi connectivity index (χ1n) is 32.5. The van der Waals surface area contributed by atoms with Gasteiger partial charge < -0.3 is 95.6 Å². The number of halogens is 2. The minimum absolute atomic E-state index is 0.164. The van der Waals surface area contributed by atoms with Gasteiger partial charge in [0.15, 0.2) is 12.6 Å². The van der Waals surface area contributed by atoms with Crippen LogP contribution in [0.25, 0.3) is 0 Å². The van der Waals surface area contributed by atoms with Crippen LogP contribution in [0.3, 0.4) is 0 Å². The number of unbranched alkanes of at least 4 members (excludes halogenated alkanes) is 27. The van der Waals surface area contributed by atoms with Crippen LogP contribution in [-0.2, 0) is 38.1 Å². The van der Waals surface area contributed by atoms with E-state index in [4.69, 9.17) is 23.7 Å². The molecule has 0 spiro atoms. The van der Waals surface area contributed by atoms with Gasteiger partial charge in [-0.3, -0.25) is 9.59 Å². The summed E-state index contributed by atoms with van der Waals surface area (Å²) in [6, 6.07) is -2.95. The minimum Gasteiger partial charge on any atom is -0.479 e. The van der Waals surface area contributed by atoms with Gasteiger partial charge in [0, 0.05) is 19.8 Å². The number of amides is 2. The number of aliphatic carboxylic acids is 1. The predicted octanol–water partition coefficient (Wildman–Crippen LogP) is 4.85. The molecule has 3 aliphatic heterocycles. The Balaban J connectivity index is 1.70. The molecule has 0 bridgehead atoms. The molecule has 504 valence electrons. The van der Waals surface area contributed by atoms with E-state index >= 15 is 8.78 Å². The van der Waals surface area contributed by atoms with Gasteiger partial charge in [-0.1, -0.05) is 193 Å². The van der Waals surface area contributed by atoms with Crippen LogP contribution in [0.2, 0.25) is 0 Å². The van der Waals surface area contributed by atoms with Gasteiger partial charge in [0.05, 0.1) is 62.7 Å². The number of alkyl halides is 2. The molecule has 0 aromatic rings. The van der Waals surface area contributed by atoms with Crippen LogP contribution in [0.5, 0.6) is 0 Å². The van der Waals surface area contributed by atoms with E-state index in [0.717, 1.165) is 58.3 Å². The second-order valence-corrected chi connectivity index (χ2v) is 24.3. The number of aliphatic hydroxyl groups excluding tert-OH is 11. The van der Waals surface area contributed by atoms with Crippen molar-refractivity contribution in [3.63, 3.8) is 0 Å². The molecule has 0 aromatic carbocycles. The zero-order valence-electron chi connectivity index (χ0n) is 51.6. The highest BCUT2D eigenvalue weighted by atomic mass is 19.3. The molecule has 2 amide bonds. The van der Waals surface area contributed by atoms with E-state index in [1.54, 1.807) is 6.08 Å². The van der Waals surface area contributed by atoms with Crippen LogP contribution in [0.1, 0.15) is 220 Å². The van der Waals surface area contributed by atoms with Crippen LogP contribution in [-0.4, -0.2) is 215 Å². The Morgan fingerprint density at radius 3 is 1.59 bits per heavy atom. The number of ether oxygens (including phenoxy) is 5. The van der Waals surface area contributed by atoms with E-state index in [0.29, 0.717) is 12.8 Å². The fraction of sp³-hybridized carbons (Fsp3) is 0.919. The van der Waals surface area contributed by atoms with Crippen LogP contribution in [0.15, 0.2) is 12.2 Å². The standard InChI is InChI=1S/C62H112F2N2O20/c1-4-6-8-10-12-14-16-18-20-22-24-26-28-30-32-34-43(71)42(66-48(74)35-33-31-29-27-25-23-21-19-17-15-13-11-9-7-5-2)40-82-58-55(79)54(78)56(47(39-69)84-58)85-59-53(77)49(52(76)46(38-68)83-59)62(63,64)61(60(80)81)36-44(72)50(65-41(3)70)57(86-61)51(75)45(73)37-67/h32,34,42-47,49-59,67-69,71-73,75-79H,4-31,33,35-40H2,1-3H3,(H,65,70)(H,66,74)(H,80,81)/b34-32+/t42-,43+,44-,45+,46+,47+,49-,50+,51+,52-,53+,54+,55+,56+,57+,58+,59-,61+/m0/s1. The summed E-state index contributed by atoms with van der Waals surface area (Å²) in [4.78, 5) is 38.5. The molecule has 0 radical (unpaired) electrons. The largest absolute Gasteiger partial charge is 0.479 e. The van der Waals surface area contributed by atoms with E-state index < -0.39 is 160 Å². The molecule has 0 aromatic heterocycles. The van der Waals surface area contributed by atoms with Gasteiger partial charge in [0.2, 0.25) is 17.4 Å². The van der Waals surface area contributed by atoms with Gasteiger partial charge in [-0.15, -0.1) is 0 Å². The number of carboxylic acids is 1. The Morgan fingerprint density at radius 1 is 0.651 bits per heavy atom. The maximum absolute atomic E-state index is 17.3. The first-order valence-corrected chi connectivity index (χ1v) is 32.5. The highest BCUT2D eigenvalue weighted by Crippen LogP contribution is 2.51. The van der Waals surface area contributed by atoms with Gasteiger partial charge >= 0.3 is 5.97 Å². The van der Waals surface area contributed by atoms with Crippen molar-refractivity contribution >= 4 is 17.8 Å². The first-order chi connectivity index (χ1) is 41.2. The number of carbonyl (C=O) groups excluding carboxylic acids is 2. The third-order valence-corrected chi connectivity index (χ3v) is 17.2. The van der Waals surface area contributed by atoms with E-state index in [2.05, 4.69) is 24.5 Å². The van der Waals surface area contributed by atoms with Crippen molar-refractivity contribution < 1.29 is 108 Å². The van der Waals surface area contributed by atoms with Crippen molar-refractivity contribution in [3.05, 3.63) is 12.2 Å². The van der Waals surface area contributed by atoms with Gasteiger partial charge in [0.1, 0.15) is 54.9 Å². The molecule has 3 heterocycles. The quantitative estimate of drug-likeness (QED) is 0.0286. The number of nitrogens with one attached hydrogen (secondary N) is 2. The third-order valence-electron chi connectivity index (χ3n) is 17.2. The topological polar surface area (TPSA) is 364 Å². The molecule has 3 fully saturated rings. The fourth-order valence-electron chi connectivity index (χ4n) is 11.9. The van der Waals surface area contributed by atoms with Gasteiger partial charge in [0.25, 0.3) is 5.92 Å². The normalized spacial score (nSPS) is 29.6. The number of carbonyl (C=O) groups is 3. The van der Waals surface area contributed by atoms with E-state index in [1.807, 2.05) is 6.08 Å². The van der Waals surface area contributed by atoms with Crippen LogP contribution < -0.4 is 10.6 Å². The molecule has 0 unspecified atom stereocenters. The van der Waals surface area contributed by atoms with Crippen LogP contribution in [0.4, 0.5) is 8.78 Å². The Morgan fingerprint density at radius 2 is 1.13 bits per heavy atom. The molecule has 14 N–H and O–H groups in total. The first kappa shape index (κ1) is 77.6. The van der Waals surface area contributed by atoms with Crippen molar-refractivity contribution in [2.24, 2.45) is 5.92 Å². The molecule has 0 aliphatic carbocycles. The van der Waals surface area contributed by atoms with Gasteiger partial charge in [-0.05, 0) is 19.3 Å². The number of rotatable bonds is 47. The number of allylic oxidation sites excluding steroid dienone is 1. The summed E-state index contributed by atoms with van der Waals surface area (Å²) in [5.74, 6) is -12.0. The fourth-order valence-corrected chi connectivity index (χ4v) is 11.9. The Labute approximate surface area is 508 Å². The lowest BCUT2D eigenvalue weighted by molar-refractivity contribution is -0.378. The highest BCUT2D eigenvalue weighted by Gasteiger charge is 2.73. The molecule has 0 saturated carbocycles. The monoisotopic (exact) mass is 1240 g/mol. The number of carboxylic acid groups (broad SMARTS) is 1. The van der Waals surface area contributed by atoms with Crippen LogP contribution >= 0.6 is 0 Å². The Kier molecular flexibility index (Phi) is 38.3. The molecule has 3 saturated heterocycles. The van der Waals surface area contributed by atoms with Crippen molar-refractivity contribution in [2.75, 3.05) is 26.4 Å². The summed E-state index contributed by atoms with van der Waals surface area (Å²) in [6.07, 6.45) is 5.18. The van der Waals surface area contributed by atoms with Gasteiger partial charge in [-0.25, -0.2) is 13.6 Å². The molecular formula is C62H112F2N2O20. The number of aliphatic hydroxyl groups is 11. The molecule has 3 aliphatic rings. The third kappa shape index (κ3) is 24.9. The van der Waals surface area contributed by atoms with Crippen molar-refractivity contribution in [1.29, 1.82) is 0 Å². The molecule has 3 rings (SSSR count). The summed E-state index contributed by atoms with van der Waals surface area (Å²) in [7, 11) is 0. The zero-order chi connectivity index (χ0) is 63.7. The minimum atomic E-state index is -5.08. The predicted molar refractivity (Wildman–Crippen MR) is 314 cm³/mol. The van der Waals surface area contributed by atoms with Crippen molar-refractivity contribution in [2.45, 2.75) is 329 Å². The summed E-state index contributed by atoms with van der Waals surface area (Å²) in [5.41, 5.74) is -4.02. The lowest BCUT2D eigenvalue weighted by atomic mass is 9.71. The van der Waals surface area contributed by atoms with E-state index in [-0.39, 0.29) is 12.3 Å². The Hall–Kier alpha value is -2.63. The van der Waals surface area contributed by atoms with Crippen molar-refractivity contribution in [1.82, 2.24) is 10.6 Å². The number of hydrogen-bond donors (Lipinski definition) is 14. The lowest BCUT2D eigenvalue weighted by Gasteiger charge is -2.54. The smallest absolute Gasteiger partial charge is 0.342 e. The average Bonchev–Trinajstić information content (AvgIpc) is 0.741. The molecular weight excluding hydrogens is 1130 g/mol. The number of hydrogen-bond acceptors (Lipinski definition) is 19. The zero-order valence-corrected chi connectivity index (χ0v) is 51.6. The average molecular weight is 1240 g/mol. The lowest BCUT2D eigenvalue weighted by Crippen LogP contribution is -2.75. The van der Waals surface area contributed by atoms with Crippen LogP contribution in [0, 0.1) is 5.92 Å². The molecule has 86 heavy (non-hydrogen) atoms. The second kappa shape index (κ2) is 42.4. The molecule has 18 atom stereocenters. The molecule has 24 heteroatoms. The van der Waals surface area contributed by atoms with Gasteiger partial charge in [-0.2, -0.15) is 0 Å². The summed E-state index contributed by atoms with van der Waals surface area (Å²) in [5, 5.41) is 135. The SMILES string of the molecule is CCCCCCCCCCCCCCC/C=C/[C@@H](O)[C@H](CO[C@@H]1O[C@H](CO)[C@@H](O[C@@H]2O[C@H](CO)[C@H](O)[C@H](C(F)(F)[C@]3(C(=O)O)C[C@H](O)[C@@H](NC(C)=O)[C@H]([C@H](O)[C@H](O)CO)O3)[C@H]2O)[C@H](O)[C@H]1O)NC(=O)CCCCCCCCCCCCCCCCC. The van der Waals surface area contributed by atoms with E-state index in [9.17, 15) is 75.7 Å². The summed E-state index contributed by atoms with van der Waals surface area (Å²) < 4.78 is 62.9. The van der Waals surface area contributed by atoms with Crippen molar-refractivity contribution in [3.8, 4) is 0 Å². The summed E-state index contributed by atoms with van der Waals surface area (Å²) in [6.45, 7) is 1.36. The second-order valence-electron chi connectivity index (χ2n) is 24.3. The van der Waals surface area contributed by atoms with E-state index in [1.165, 1.54) is 122 Å². The Bertz CT molecular complexity index is 1860.